The van der Waals surface area contributed by atoms with Gasteiger partial charge < -0.3 is 21.1 Å². The van der Waals surface area contributed by atoms with E-state index in [1.807, 2.05) is 0 Å². The Labute approximate surface area is 221 Å². The van der Waals surface area contributed by atoms with Gasteiger partial charge in [-0.25, -0.2) is 14.3 Å². The van der Waals surface area contributed by atoms with Crippen LogP contribution in [0.4, 0.5) is 42.5 Å². The van der Waals surface area contributed by atoms with E-state index in [0.717, 1.165) is 12.1 Å². The molecule has 4 rings (SSSR count). The number of aromatic nitrogens is 3. The first-order valence-corrected chi connectivity index (χ1v) is 11.4. The number of benzene rings is 2. The number of aliphatic hydroxyl groups is 1. The van der Waals surface area contributed by atoms with Gasteiger partial charge in [-0.2, -0.15) is 31.4 Å². The summed E-state index contributed by atoms with van der Waals surface area (Å²) in [4.78, 5) is 28.9. The van der Waals surface area contributed by atoms with Crippen molar-refractivity contribution in [2.24, 2.45) is 0 Å². The van der Waals surface area contributed by atoms with Gasteiger partial charge in [0.05, 0.1) is 11.4 Å². The van der Waals surface area contributed by atoms with E-state index in [9.17, 15) is 41.0 Å². The van der Waals surface area contributed by atoms with Crippen molar-refractivity contribution >= 4 is 29.0 Å². The molecule has 2 aromatic carbocycles. The number of anilines is 2. The molecule has 210 valence electrons. The van der Waals surface area contributed by atoms with E-state index in [2.05, 4.69) is 26.0 Å². The third kappa shape index (κ3) is 5.02. The van der Waals surface area contributed by atoms with Crippen molar-refractivity contribution in [1.29, 1.82) is 0 Å². The molecule has 0 saturated carbocycles. The smallest absolute Gasteiger partial charge is 0.369 e. The number of halogens is 6. The molecule has 0 unspecified atom stereocenters. The second-order valence-corrected chi connectivity index (χ2v) is 8.56. The second-order valence-electron chi connectivity index (χ2n) is 8.56. The molecule has 0 radical (unpaired) electrons. The van der Waals surface area contributed by atoms with Crippen LogP contribution in [-0.2, 0) is 5.60 Å². The molecule has 0 aliphatic carbocycles. The Balaban J connectivity index is 1.64. The maximum Gasteiger partial charge on any atom is 0.430 e. The van der Waals surface area contributed by atoms with Crippen LogP contribution in [0.1, 0.15) is 21.5 Å². The van der Waals surface area contributed by atoms with Gasteiger partial charge >= 0.3 is 18.4 Å². The Morgan fingerprint density at radius 3 is 2.17 bits per heavy atom. The average Bonchev–Trinajstić information content (AvgIpc) is 3.37. The minimum atomic E-state index is -6.05. The monoisotopic (exact) mass is 566 g/mol. The average molecular weight is 566 g/mol. The Morgan fingerprint density at radius 1 is 0.925 bits per heavy atom. The fourth-order valence-electron chi connectivity index (χ4n) is 3.92. The molecular weight excluding hydrogens is 546 g/mol. The number of rotatable bonds is 5. The number of hydrogen-bond donors (Lipinski definition) is 4. The first-order chi connectivity index (χ1) is 18.7. The fourth-order valence-corrected chi connectivity index (χ4v) is 3.92. The van der Waals surface area contributed by atoms with Crippen molar-refractivity contribution in [3.05, 3.63) is 77.6 Å². The number of imidazole rings is 1. The first kappa shape index (κ1) is 28.4. The van der Waals surface area contributed by atoms with E-state index in [-0.39, 0.29) is 11.3 Å². The minimum absolute atomic E-state index is 0.254. The summed E-state index contributed by atoms with van der Waals surface area (Å²) >= 11 is 0. The van der Waals surface area contributed by atoms with Crippen LogP contribution in [0.2, 0.25) is 0 Å². The van der Waals surface area contributed by atoms with E-state index in [1.54, 1.807) is 31.3 Å². The first-order valence-electron chi connectivity index (χ1n) is 11.4. The fraction of sp³-hybridized carbons (Fsp3) is 0.200. The summed E-state index contributed by atoms with van der Waals surface area (Å²) in [6.07, 6.45) is -9.04. The van der Waals surface area contributed by atoms with Crippen molar-refractivity contribution in [3.63, 3.8) is 0 Å². The third-order valence-electron chi connectivity index (χ3n) is 6.08. The van der Waals surface area contributed by atoms with Gasteiger partial charge in [-0.05, 0) is 36.8 Å². The maximum atomic E-state index is 13.1. The van der Waals surface area contributed by atoms with Gasteiger partial charge in [-0.15, -0.1) is 0 Å². The lowest BCUT2D eigenvalue weighted by Crippen LogP contribution is -2.53. The number of nitrogens with one attached hydrogen (secondary N) is 3. The summed E-state index contributed by atoms with van der Waals surface area (Å²) in [5, 5.41) is 21.7. The lowest BCUT2D eigenvalue weighted by molar-refractivity contribution is -0.376. The number of nitrogens with zero attached hydrogens (tertiary/aromatic N) is 3. The Kier molecular flexibility index (Phi) is 7.19. The summed E-state index contributed by atoms with van der Waals surface area (Å²) in [5.41, 5.74) is -4.37. The van der Waals surface area contributed by atoms with Crippen molar-refractivity contribution in [3.8, 4) is 11.3 Å². The highest BCUT2D eigenvalue weighted by molar-refractivity contribution is 6.05. The Hall–Kier alpha value is -4.66. The topological polar surface area (TPSA) is 121 Å². The molecule has 3 amide bonds. The number of carbonyl (C=O) groups is 2. The summed E-state index contributed by atoms with van der Waals surface area (Å²) in [6, 6.07) is 8.20. The van der Waals surface area contributed by atoms with Crippen molar-refractivity contribution in [1.82, 2.24) is 19.9 Å². The summed E-state index contributed by atoms with van der Waals surface area (Å²) < 4.78 is 80.3. The number of alkyl halides is 6. The van der Waals surface area contributed by atoms with Gasteiger partial charge in [-0.3, -0.25) is 4.79 Å². The highest BCUT2D eigenvalue weighted by Crippen LogP contribution is 2.50. The lowest BCUT2D eigenvalue weighted by atomic mass is 9.91. The molecule has 0 spiro atoms. The standard InChI is InChI=1S/C25H20F6N6O3/c1-13-16(18-12-19(35-22(39)32-2)20-33-10-11-37(20)36-18)4-3-5-17(13)34-21(38)14-6-8-15(9-7-14)23(40,24(26,27)28)25(29,30)31/h3-12,40H,1-2H3,(H,34,38)(H2,32,35,39). The normalized spacial score (nSPS) is 12.3. The number of urea groups is 1. The van der Waals surface area contributed by atoms with E-state index in [1.165, 1.54) is 23.8 Å². The predicted octanol–water partition coefficient (Wildman–Crippen LogP) is 5.02. The van der Waals surface area contributed by atoms with Crippen molar-refractivity contribution < 1.29 is 41.0 Å². The van der Waals surface area contributed by atoms with Gasteiger partial charge in [0.25, 0.3) is 11.5 Å². The second kappa shape index (κ2) is 10.1. The summed E-state index contributed by atoms with van der Waals surface area (Å²) in [5.74, 6) is -0.825. The molecule has 2 heterocycles. The van der Waals surface area contributed by atoms with Crippen molar-refractivity contribution in [2.75, 3.05) is 17.7 Å². The van der Waals surface area contributed by atoms with Gasteiger partial charge in [0.1, 0.15) is 0 Å². The van der Waals surface area contributed by atoms with Crippen LogP contribution in [0, 0.1) is 6.92 Å². The zero-order valence-corrected chi connectivity index (χ0v) is 20.6. The Bertz CT molecular complexity index is 1570. The molecule has 0 bridgehead atoms. The van der Waals surface area contributed by atoms with Crippen LogP contribution in [0.25, 0.3) is 16.9 Å². The summed E-state index contributed by atoms with van der Waals surface area (Å²) in [6.45, 7) is 1.66. The molecule has 0 aliphatic rings. The number of hydrogen-bond acceptors (Lipinski definition) is 5. The van der Waals surface area contributed by atoms with Gasteiger partial charge in [0, 0.05) is 41.8 Å². The lowest BCUT2D eigenvalue weighted by Gasteiger charge is -2.32. The van der Waals surface area contributed by atoms with Crippen LogP contribution in [0.15, 0.2) is 60.9 Å². The van der Waals surface area contributed by atoms with E-state index in [0.29, 0.717) is 40.3 Å². The van der Waals surface area contributed by atoms with Gasteiger partial charge in [0.2, 0.25) is 0 Å². The van der Waals surface area contributed by atoms with E-state index >= 15 is 0 Å². The molecule has 0 saturated heterocycles. The zero-order valence-electron chi connectivity index (χ0n) is 20.6. The molecule has 0 aliphatic heterocycles. The molecule has 4 aromatic rings. The molecule has 2 aromatic heterocycles. The number of fused-ring (bicyclic) bond motifs is 1. The minimum Gasteiger partial charge on any atom is -0.369 e. The highest BCUT2D eigenvalue weighted by Gasteiger charge is 2.71. The van der Waals surface area contributed by atoms with Crippen LogP contribution >= 0.6 is 0 Å². The predicted molar refractivity (Wildman–Crippen MR) is 132 cm³/mol. The van der Waals surface area contributed by atoms with E-state index in [4.69, 9.17) is 0 Å². The van der Waals surface area contributed by atoms with Crippen LogP contribution in [0.5, 0.6) is 0 Å². The maximum absolute atomic E-state index is 13.1. The molecular formula is C25H20F6N6O3. The molecule has 15 heteroatoms. The molecule has 0 fully saturated rings. The Morgan fingerprint density at radius 2 is 1.57 bits per heavy atom. The largest absolute Gasteiger partial charge is 0.430 e. The van der Waals surface area contributed by atoms with Crippen LogP contribution in [0.3, 0.4) is 0 Å². The summed E-state index contributed by atoms with van der Waals surface area (Å²) in [7, 11) is 1.44. The molecule has 40 heavy (non-hydrogen) atoms. The highest BCUT2D eigenvalue weighted by atomic mass is 19.4. The van der Waals surface area contributed by atoms with Crippen molar-refractivity contribution in [2.45, 2.75) is 24.9 Å². The van der Waals surface area contributed by atoms with Gasteiger partial charge in [-0.1, -0.05) is 24.3 Å². The SMILES string of the molecule is CNC(=O)Nc1cc(-c2cccc(NC(=O)c3ccc(C(O)(C(F)(F)F)C(F)(F)F)cc3)c2C)nn2ccnc12. The molecule has 9 nitrogen and oxygen atoms in total. The number of amides is 3. The zero-order chi connectivity index (χ0) is 29.5. The number of carbonyl (C=O) groups excluding carboxylic acids is 2. The van der Waals surface area contributed by atoms with E-state index < -0.39 is 35.5 Å². The quantitative estimate of drug-likeness (QED) is 0.253. The van der Waals surface area contributed by atoms with Gasteiger partial charge in [0.15, 0.2) is 5.65 Å². The van der Waals surface area contributed by atoms with Crippen LogP contribution < -0.4 is 16.0 Å². The van der Waals surface area contributed by atoms with Crippen LogP contribution in [-0.4, -0.2) is 51.0 Å². The third-order valence-corrected chi connectivity index (χ3v) is 6.08. The molecule has 4 N–H and O–H groups in total. The molecule has 0 atom stereocenters.